The molecule has 1 amide bonds. The summed E-state index contributed by atoms with van der Waals surface area (Å²) in [4.78, 5) is 11.1. The normalized spacial score (nSPS) is 10.4. The van der Waals surface area contributed by atoms with Crippen molar-refractivity contribution in [3.8, 4) is 0 Å². The lowest BCUT2D eigenvalue weighted by Crippen LogP contribution is -2.19. The van der Waals surface area contributed by atoms with Crippen LogP contribution in [0, 0.1) is 0 Å². The van der Waals surface area contributed by atoms with Crippen molar-refractivity contribution in [2.75, 3.05) is 6.54 Å². The van der Waals surface area contributed by atoms with E-state index in [9.17, 15) is 4.79 Å². The summed E-state index contributed by atoms with van der Waals surface area (Å²) in [6.07, 6.45) is 3.23. The summed E-state index contributed by atoms with van der Waals surface area (Å²) in [6.45, 7) is 2.52. The number of halogens is 1. The van der Waals surface area contributed by atoms with E-state index in [4.69, 9.17) is 11.6 Å². The number of nitrogens with one attached hydrogen (secondary N) is 1. The van der Waals surface area contributed by atoms with Crippen LogP contribution in [0.25, 0.3) is 6.08 Å². The average Bonchev–Trinajstić information content (AvgIpc) is 2.15. The summed E-state index contributed by atoms with van der Waals surface area (Å²) in [5.41, 5.74) is 0.920. The van der Waals surface area contributed by atoms with Gasteiger partial charge in [-0.2, -0.15) is 0 Å². The Bertz CT molecular complexity index is 347. The minimum Gasteiger partial charge on any atom is -0.353 e. The van der Waals surface area contributed by atoms with E-state index in [0.717, 1.165) is 5.56 Å². The summed E-state index contributed by atoms with van der Waals surface area (Å²) in [5, 5.41) is 3.34. The number of rotatable bonds is 3. The second-order valence-corrected chi connectivity index (χ2v) is 3.22. The van der Waals surface area contributed by atoms with E-state index in [1.54, 1.807) is 18.2 Å². The molecule has 0 fully saturated rings. The fourth-order valence-corrected chi connectivity index (χ4v) is 1.21. The minimum absolute atomic E-state index is 0.0903. The zero-order valence-corrected chi connectivity index (χ0v) is 8.71. The molecule has 0 heterocycles. The Morgan fingerprint density at radius 1 is 1.57 bits per heavy atom. The van der Waals surface area contributed by atoms with E-state index in [-0.39, 0.29) is 5.91 Å². The number of hydrogen-bond donors (Lipinski definition) is 1. The molecule has 0 aromatic heterocycles. The molecule has 0 aliphatic rings. The molecular weight excluding hydrogens is 198 g/mol. The van der Waals surface area contributed by atoms with Crippen LogP contribution >= 0.6 is 11.6 Å². The molecule has 0 radical (unpaired) electrons. The molecule has 0 aliphatic carbocycles. The summed E-state index contributed by atoms with van der Waals surface area (Å²) < 4.78 is 0. The van der Waals surface area contributed by atoms with Crippen molar-refractivity contribution in [1.82, 2.24) is 5.32 Å². The zero-order valence-electron chi connectivity index (χ0n) is 7.96. The first-order valence-electron chi connectivity index (χ1n) is 4.44. The van der Waals surface area contributed by atoms with E-state index in [1.807, 2.05) is 19.1 Å². The van der Waals surface area contributed by atoms with E-state index in [1.165, 1.54) is 6.08 Å². The van der Waals surface area contributed by atoms with Crippen LogP contribution in [-0.4, -0.2) is 12.5 Å². The molecule has 0 atom stereocenters. The Morgan fingerprint density at radius 2 is 2.36 bits per heavy atom. The van der Waals surface area contributed by atoms with Gasteiger partial charge in [-0.25, -0.2) is 0 Å². The van der Waals surface area contributed by atoms with Crippen molar-refractivity contribution in [2.24, 2.45) is 0 Å². The lowest BCUT2D eigenvalue weighted by molar-refractivity contribution is -0.116. The van der Waals surface area contributed by atoms with E-state index in [0.29, 0.717) is 11.6 Å². The maximum absolute atomic E-state index is 11.1. The molecule has 2 nitrogen and oxygen atoms in total. The predicted molar refractivity (Wildman–Crippen MR) is 59.2 cm³/mol. The van der Waals surface area contributed by atoms with Crippen molar-refractivity contribution in [3.63, 3.8) is 0 Å². The molecule has 0 aliphatic heterocycles. The Balaban J connectivity index is 2.64. The van der Waals surface area contributed by atoms with Crippen molar-refractivity contribution < 1.29 is 4.79 Å². The smallest absolute Gasteiger partial charge is 0.243 e. The maximum Gasteiger partial charge on any atom is 0.243 e. The van der Waals surface area contributed by atoms with Crippen molar-refractivity contribution >= 4 is 23.6 Å². The highest BCUT2D eigenvalue weighted by atomic mass is 35.5. The standard InChI is InChI=1S/C11H12ClNO/c1-2-13-11(14)7-6-9-4-3-5-10(12)8-9/h3-8H,2H2,1H3,(H,13,14). The van der Waals surface area contributed by atoms with E-state index in [2.05, 4.69) is 5.32 Å². The van der Waals surface area contributed by atoms with Gasteiger partial charge in [0.25, 0.3) is 0 Å². The van der Waals surface area contributed by atoms with Gasteiger partial charge >= 0.3 is 0 Å². The molecule has 74 valence electrons. The Hall–Kier alpha value is -1.28. The third-order valence-corrected chi connectivity index (χ3v) is 1.86. The molecule has 1 N–H and O–H groups in total. The molecule has 1 aromatic carbocycles. The fraction of sp³-hybridized carbons (Fsp3) is 0.182. The maximum atomic E-state index is 11.1. The predicted octanol–water partition coefficient (Wildman–Crippen LogP) is 2.49. The van der Waals surface area contributed by atoms with Crippen molar-refractivity contribution in [2.45, 2.75) is 6.92 Å². The Kier molecular flexibility index (Phi) is 4.20. The van der Waals surface area contributed by atoms with Crippen LogP contribution in [0.5, 0.6) is 0 Å². The lowest BCUT2D eigenvalue weighted by atomic mass is 10.2. The third-order valence-electron chi connectivity index (χ3n) is 1.63. The third kappa shape index (κ3) is 3.62. The monoisotopic (exact) mass is 209 g/mol. The summed E-state index contributed by atoms with van der Waals surface area (Å²) in [5.74, 6) is -0.0903. The van der Waals surface area contributed by atoms with E-state index < -0.39 is 0 Å². The quantitative estimate of drug-likeness (QED) is 0.762. The van der Waals surface area contributed by atoms with Gasteiger partial charge in [0.2, 0.25) is 5.91 Å². The SMILES string of the molecule is CCNC(=O)C=Cc1cccc(Cl)c1. The molecule has 3 heteroatoms. The molecule has 1 rings (SSSR count). The van der Waals surface area contributed by atoms with Gasteiger partial charge in [-0.15, -0.1) is 0 Å². The van der Waals surface area contributed by atoms with Gasteiger partial charge < -0.3 is 5.32 Å². The molecule has 0 saturated heterocycles. The molecule has 0 saturated carbocycles. The second-order valence-electron chi connectivity index (χ2n) is 2.78. The molecule has 1 aromatic rings. The molecule has 0 unspecified atom stereocenters. The van der Waals surface area contributed by atoms with Crippen LogP contribution in [0.2, 0.25) is 5.02 Å². The van der Waals surface area contributed by atoms with Gasteiger partial charge in [-0.3, -0.25) is 4.79 Å². The number of hydrogen-bond acceptors (Lipinski definition) is 1. The van der Waals surface area contributed by atoms with Gasteiger partial charge in [0.05, 0.1) is 0 Å². The van der Waals surface area contributed by atoms with Crippen molar-refractivity contribution in [3.05, 3.63) is 40.9 Å². The second kappa shape index (κ2) is 5.45. The zero-order chi connectivity index (χ0) is 10.4. The van der Waals surface area contributed by atoms with Crippen LogP contribution in [0.1, 0.15) is 12.5 Å². The fourth-order valence-electron chi connectivity index (χ4n) is 1.02. The van der Waals surface area contributed by atoms with E-state index >= 15 is 0 Å². The lowest BCUT2D eigenvalue weighted by Gasteiger charge is -1.95. The highest BCUT2D eigenvalue weighted by molar-refractivity contribution is 6.30. The van der Waals surface area contributed by atoms with Gasteiger partial charge in [-0.05, 0) is 30.7 Å². The summed E-state index contributed by atoms with van der Waals surface area (Å²) >= 11 is 5.79. The highest BCUT2D eigenvalue weighted by Crippen LogP contribution is 2.11. The van der Waals surface area contributed by atoms with Crippen LogP contribution in [0.15, 0.2) is 30.3 Å². The Morgan fingerprint density at radius 3 is 3.00 bits per heavy atom. The average molecular weight is 210 g/mol. The molecule has 14 heavy (non-hydrogen) atoms. The number of benzene rings is 1. The molecule has 0 bridgehead atoms. The van der Waals surface area contributed by atoms with Gasteiger partial charge in [0.15, 0.2) is 0 Å². The number of amides is 1. The molecule has 0 spiro atoms. The first-order chi connectivity index (χ1) is 6.72. The van der Waals surface area contributed by atoms with Crippen LogP contribution < -0.4 is 5.32 Å². The number of likely N-dealkylation sites (N-methyl/N-ethyl adjacent to an activating group) is 1. The first kappa shape index (κ1) is 10.8. The number of carbonyl (C=O) groups is 1. The van der Waals surface area contributed by atoms with Gasteiger partial charge in [0.1, 0.15) is 0 Å². The van der Waals surface area contributed by atoms with Crippen LogP contribution in [0.4, 0.5) is 0 Å². The topological polar surface area (TPSA) is 29.1 Å². The van der Waals surface area contributed by atoms with Crippen molar-refractivity contribution in [1.29, 1.82) is 0 Å². The molecular formula is C11H12ClNO. The summed E-state index contributed by atoms with van der Waals surface area (Å²) in [7, 11) is 0. The summed E-state index contributed by atoms with van der Waals surface area (Å²) in [6, 6.07) is 7.34. The van der Waals surface area contributed by atoms with Crippen LogP contribution in [-0.2, 0) is 4.79 Å². The number of carbonyl (C=O) groups excluding carboxylic acids is 1. The largest absolute Gasteiger partial charge is 0.353 e. The highest BCUT2D eigenvalue weighted by Gasteiger charge is 1.92. The van der Waals surface area contributed by atoms with Gasteiger partial charge in [0, 0.05) is 17.6 Å². The Labute approximate surface area is 88.6 Å². The van der Waals surface area contributed by atoms with Crippen LogP contribution in [0.3, 0.4) is 0 Å². The minimum atomic E-state index is -0.0903. The van der Waals surface area contributed by atoms with Gasteiger partial charge in [-0.1, -0.05) is 23.7 Å². The first-order valence-corrected chi connectivity index (χ1v) is 4.81.